The highest BCUT2D eigenvalue weighted by Crippen LogP contribution is 2.50. The van der Waals surface area contributed by atoms with Gasteiger partial charge in [-0.25, -0.2) is 13.8 Å². The van der Waals surface area contributed by atoms with Gasteiger partial charge in [-0.1, -0.05) is 24.3 Å². The number of aromatic nitrogens is 2. The number of rotatable bonds is 5. The van der Waals surface area contributed by atoms with Crippen LogP contribution >= 0.6 is 0 Å². The molecule has 0 spiro atoms. The summed E-state index contributed by atoms with van der Waals surface area (Å²) >= 11 is 0. The molecule has 1 aliphatic heterocycles. The summed E-state index contributed by atoms with van der Waals surface area (Å²) in [7, 11) is 0. The van der Waals surface area contributed by atoms with E-state index in [9.17, 15) is 40.6 Å². The molecule has 5 rings (SSSR count). The molecule has 1 fully saturated rings. The summed E-state index contributed by atoms with van der Waals surface area (Å²) in [4.78, 5) is 19.9. The van der Waals surface area contributed by atoms with E-state index in [2.05, 4.69) is 4.98 Å². The van der Waals surface area contributed by atoms with Gasteiger partial charge in [0.2, 0.25) is 0 Å². The number of hydrogen-bond acceptors (Lipinski definition) is 5. The number of anilines is 1. The van der Waals surface area contributed by atoms with Crippen LogP contribution in [0.25, 0.3) is 16.6 Å². The number of benzene rings is 3. The van der Waals surface area contributed by atoms with Gasteiger partial charge in [0.05, 0.1) is 35.5 Å². The van der Waals surface area contributed by atoms with E-state index in [1.54, 1.807) is 4.90 Å². The molecule has 222 valence electrons. The third-order valence-corrected chi connectivity index (χ3v) is 6.97. The maximum Gasteiger partial charge on any atom is 0.430 e. The van der Waals surface area contributed by atoms with Crippen LogP contribution < -0.4 is 10.5 Å². The molecule has 0 atom stereocenters. The lowest BCUT2D eigenvalue weighted by Gasteiger charge is -2.32. The molecule has 2 heterocycles. The summed E-state index contributed by atoms with van der Waals surface area (Å²) in [5.41, 5.74) is -7.19. The zero-order valence-corrected chi connectivity index (χ0v) is 21.4. The topological polar surface area (TPSA) is 67.6 Å². The van der Waals surface area contributed by atoms with Crippen LogP contribution in [0.2, 0.25) is 0 Å². The molecule has 0 bridgehead atoms. The van der Waals surface area contributed by atoms with Crippen molar-refractivity contribution in [1.82, 2.24) is 9.55 Å². The Morgan fingerprint density at radius 1 is 0.881 bits per heavy atom. The van der Waals surface area contributed by atoms with E-state index < -0.39 is 40.7 Å². The number of nitrogens with zero attached hydrogens (tertiary/aromatic N) is 3. The van der Waals surface area contributed by atoms with Crippen LogP contribution in [-0.4, -0.2) is 53.3 Å². The third-order valence-electron chi connectivity index (χ3n) is 6.97. The SMILES string of the molecule is O=c1c2cc(F)c(N3CCOCC3)cc2nc(Cc2cccc(F)c2)n1-c1ccc(C(O)(C(F)(F)F)C(F)(F)F)cc1. The van der Waals surface area contributed by atoms with Crippen LogP contribution in [0.4, 0.5) is 40.8 Å². The first kappa shape index (κ1) is 29.5. The standard InChI is InChI=1S/C28H21F8N3O3/c29-18-3-1-2-16(12-18)13-24-37-22-15-23(38-8-10-42-11-9-38)21(30)14-20(22)25(40)39(24)19-6-4-17(5-7-19)26(41,27(31,32)33)28(34,35)36/h1-7,12,14-15,41H,8-11,13H2. The molecule has 4 aromatic rings. The van der Waals surface area contributed by atoms with Crippen LogP contribution in [0.15, 0.2) is 65.5 Å². The Labute approximate surface area is 232 Å². The van der Waals surface area contributed by atoms with E-state index in [1.165, 1.54) is 30.3 Å². The summed E-state index contributed by atoms with van der Waals surface area (Å²) in [6, 6.07) is 9.95. The van der Waals surface area contributed by atoms with Gasteiger partial charge in [0.25, 0.3) is 11.2 Å². The maximum absolute atomic E-state index is 15.2. The first-order valence-corrected chi connectivity index (χ1v) is 12.5. The highest BCUT2D eigenvalue weighted by Gasteiger charge is 2.71. The lowest BCUT2D eigenvalue weighted by Crippen LogP contribution is -2.53. The normalized spacial score (nSPS) is 14.9. The monoisotopic (exact) mass is 599 g/mol. The number of ether oxygens (including phenoxy) is 1. The Morgan fingerprint density at radius 3 is 2.12 bits per heavy atom. The van der Waals surface area contributed by atoms with Crippen molar-refractivity contribution in [3.05, 3.63) is 99.6 Å². The molecule has 3 aromatic carbocycles. The number of halogens is 8. The predicted molar refractivity (Wildman–Crippen MR) is 136 cm³/mol. The van der Waals surface area contributed by atoms with Gasteiger partial charge in [-0.3, -0.25) is 9.36 Å². The summed E-state index contributed by atoms with van der Waals surface area (Å²) in [6.45, 7) is 1.46. The second-order valence-electron chi connectivity index (χ2n) is 9.65. The first-order valence-electron chi connectivity index (χ1n) is 12.5. The molecule has 6 nitrogen and oxygen atoms in total. The fourth-order valence-electron chi connectivity index (χ4n) is 4.84. The summed E-state index contributed by atoms with van der Waals surface area (Å²) in [5, 5.41) is 9.52. The Hall–Kier alpha value is -4.04. The molecule has 0 unspecified atom stereocenters. The zero-order chi connectivity index (χ0) is 30.4. The number of aliphatic hydroxyl groups is 1. The van der Waals surface area contributed by atoms with Gasteiger partial charge in [0.1, 0.15) is 17.5 Å². The van der Waals surface area contributed by atoms with E-state index in [1.807, 2.05) is 0 Å². The van der Waals surface area contributed by atoms with Crippen LogP contribution in [0.3, 0.4) is 0 Å². The van der Waals surface area contributed by atoms with Crippen LogP contribution in [-0.2, 0) is 16.8 Å². The molecule has 1 aliphatic rings. The van der Waals surface area contributed by atoms with Gasteiger partial charge in [0.15, 0.2) is 0 Å². The van der Waals surface area contributed by atoms with E-state index >= 15 is 4.39 Å². The van der Waals surface area contributed by atoms with Crippen molar-refractivity contribution in [2.24, 2.45) is 0 Å². The second kappa shape index (κ2) is 10.7. The maximum atomic E-state index is 15.2. The first-order chi connectivity index (χ1) is 19.7. The molecule has 14 heteroatoms. The zero-order valence-electron chi connectivity index (χ0n) is 21.4. The predicted octanol–water partition coefficient (Wildman–Crippen LogP) is 5.40. The Balaban J connectivity index is 1.69. The molecular formula is C28H21F8N3O3. The minimum Gasteiger partial charge on any atom is -0.378 e. The van der Waals surface area contributed by atoms with Crippen LogP contribution in [0.1, 0.15) is 17.0 Å². The average Bonchev–Trinajstić information content (AvgIpc) is 2.92. The second-order valence-corrected chi connectivity index (χ2v) is 9.65. The number of alkyl halides is 6. The van der Waals surface area contributed by atoms with Gasteiger partial charge in [-0.15, -0.1) is 0 Å². The molecule has 1 saturated heterocycles. The Bertz CT molecular complexity index is 1660. The van der Waals surface area contributed by atoms with E-state index in [4.69, 9.17) is 4.74 Å². The molecular weight excluding hydrogens is 578 g/mol. The lowest BCUT2D eigenvalue weighted by atomic mass is 9.92. The molecule has 42 heavy (non-hydrogen) atoms. The van der Waals surface area contributed by atoms with E-state index in [-0.39, 0.29) is 34.5 Å². The highest BCUT2D eigenvalue weighted by molar-refractivity contribution is 5.82. The van der Waals surface area contributed by atoms with Crippen molar-refractivity contribution in [2.45, 2.75) is 24.4 Å². The van der Waals surface area contributed by atoms with E-state index in [0.29, 0.717) is 44.0 Å². The van der Waals surface area contributed by atoms with E-state index in [0.717, 1.165) is 22.8 Å². The van der Waals surface area contributed by atoms with Crippen molar-refractivity contribution in [3.63, 3.8) is 0 Å². The minimum atomic E-state index is -6.10. The van der Waals surface area contributed by atoms with Crippen molar-refractivity contribution >= 4 is 16.6 Å². The quantitative estimate of drug-likeness (QED) is 0.311. The molecule has 0 amide bonds. The molecule has 0 radical (unpaired) electrons. The van der Waals surface area contributed by atoms with Crippen LogP contribution in [0.5, 0.6) is 0 Å². The van der Waals surface area contributed by atoms with Gasteiger partial charge in [-0.05, 0) is 42.0 Å². The van der Waals surface area contributed by atoms with Crippen molar-refractivity contribution in [2.75, 3.05) is 31.2 Å². The number of fused-ring (bicyclic) bond motifs is 1. The fraction of sp³-hybridized carbons (Fsp3) is 0.286. The molecule has 0 saturated carbocycles. The third kappa shape index (κ3) is 5.20. The van der Waals surface area contributed by atoms with Gasteiger partial charge in [-0.2, -0.15) is 26.3 Å². The summed E-state index contributed by atoms with van der Waals surface area (Å²) in [5.74, 6) is -1.39. The van der Waals surface area contributed by atoms with Crippen molar-refractivity contribution < 1.29 is 45.0 Å². The molecule has 0 aliphatic carbocycles. The van der Waals surface area contributed by atoms with Crippen molar-refractivity contribution in [1.29, 1.82) is 0 Å². The Morgan fingerprint density at radius 2 is 1.52 bits per heavy atom. The largest absolute Gasteiger partial charge is 0.430 e. The smallest absolute Gasteiger partial charge is 0.378 e. The molecule has 1 N–H and O–H groups in total. The van der Waals surface area contributed by atoms with Gasteiger partial charge < -0.3 is 14.7 Å². The highest BCUT2D eigenvalue weighted by atomic mass is 19.4. The minimum absolute atomic E-state index is 0.0488. The lowest BCUT2D eigenvalue weighted by molar-refractivity contribution is -0.376. The summed E-state index contributed by atoms with van der Waals surface area (Å²) in [6.07, 6.45) is -12.4. The number of hydrogen-bond donors (Lipinski definition) is 1. The van der Waals surface area contributed by atoms with Gasteiger partial charge >= 0.3 is 12.4 Å². The van der Waals surface area contributed by atoms with Gasteiger partial charge in [0, 0.05) is 25.1 Å². The van der Waals surface area contributed by atoms with Crippen molar-refractivity contribution in [3.8, 4) is 5.69 Å². The summed E-state index contributed by atoms with van der Waals surface area (Å²) < 4.78 is 116. The fourth-order valence-corrected chi connectivity index (χ4v) is 4.84. The van der Waals surface area contributed by atoms with Crippen LogP contribution in [0, 0.1) is 11.6 Å². The average molecular weight is 599 g/mol. The number of morpholine rings is 1. The Kier molecular flexibility index (Phi) is 7.47. The molecule has 1 aromatic heterocycles.